The number of hydrogen-bond donors (Lipinski definition) is 3. The maximum absolute atomic E-state index is 13.0. The van der Waals surface area contributed by atoms with Crippen LogP contribution in [-0.2, 0) is 27.6 Å². The van der Waals surface area contributed by atoms with Crippen molar-refractivity contribution in [3.05, 3.63) is 77.4 Å². The molecule has 5 atom stereocenters. The zero-order chi connectivity index (χ0) is 28.4. The predicted octanol–water partition coefficient (Wildman–Crippen LogP) is 4.29. The molecule has 5 rings (SSSR count). The summed E-state index contributed by atoms with van der Waals surface area (Å²) in [5, 5.41) is 25.7. The summed E-state index contributed by atoms with van der Waals surface area (Å²) in [6, 6.07) is 19.4. The first kappa shape index (κ1) is 28.7. The van der Waals surface area contributed by atoms with Gasteiger partial charge in [-0.3, -0.25) is 9.69 Å². The number of nitrogens with zero attached hydrogens (tertiary/aromatic N) is 1. The molecule has 40 heavy (non-hydrogen) atoms. The van der Waals surface area contributed by atoms with Gasteiger partial charge < -0.3 is 15.5 Å². The minimum absolute atomic E-state index is 0.0446. The number of carbonyl (C=O) groups is 1. The highest BCUT2D eigenvalue weighted by Crippen LogP contribution is 2.32. The SMILES string of the molecule is CC1CCCC(C)N1Cc1ccc2c(c1)CCC[C@H]2NC(=O)[C@H](O)[C@H](O)CS(=O)(=O)c1ccc2ccccc2c1. The molecular formula is C32H40N2O5S. The molecule has 1 fully saturated rings. The highest BCUT2D eigenvalue weighted by Gasteiger charge is 2.32. The second-order valence-electron chi connectivity index (χ2n) is 11.6. The second-order valence-corrected chi connectivity index (χ2v) is 13.6. The van der Waals surface area contributed by atoms with E-state index in [9.17, 15) is 23.4 Å². The number of nitrogens with one attached hydrogen (secondary N) is 1. The van der Waals surface area contributed by atoms with E-state index in [1.165, 1.54) is 36.5 Å². The number of likely N-dealkylation sites (tertiary alicyclic amines) is 1. The number of rotatable bonds is 8. The summed E-state index contributed by atoms with van der Waals surface area (Å²) in [5.41, 5.74) is 3.48. The van der Waals surface area contributed by atoms with E-state index in [0.29, 0.717) is 12.1 Å². The summed E-state index contributed by atoms with van der Waals surface area (Å²) in [5.74, 6) is -1.52. The van der Waals surface area contributed by atoms with Crippen LogP contribution in [0.5, 0.6) is 0 Å². The van der Waals surface area contributed by atoms with Crippen LogP contribution in [0.3, 0.4) is 0 Å². The Balaban J connectivity index is 1.23. The third kappa shape index (κ3) is 6.25. The van der Waals surface area contributed by atoms with Crippen molar-refractivity contribution in [2.45, 2.75) is 94.1 Å². The molecule has 8 heteroatoms. The van der Waals surface area contributed by atoms with Crippen LogP contribution in [0.4, 0.5) is 0 Å². The number of hydrogen-bond acceptors (Lipinski definition) is 6. The smallest absolute Gasteiger partial charge is 0.252 e. The number of aliphatic hydroxyl groups excluding tert-OH is 2. The van der Waals surface area contributed by atoms with Crippen molar-refractivity contribution < 1.29 is 23.4 Å². The third-order valence-electron chi connectivity index (χ3n) is 8.68. The van der Waals surface area contributed by atoms with Gasteiger partial charge in [-0.05, 0) is 85.5 Å². The molecule has 1 saturated heterocycles. The number of amides is 1. The van der Waals surface area contributed by atoms with E-state index in [4.69, 9.17) is 0 Å². The molecule has 3 aromatic rings. The minimum atomic E-state index is -3.93. The molecule has 2 unspecified atom stereocenters. The molecule has 1 amide bonds. The number of aliphatic hydroxyl groups is 2. The number of sulfone groups is 1. The van der Waals surface area contributed by atoms with Crippen LogP contribution in [-0.4, -0.2) is 59.5 Å². The fourth-order valence-corrected chi connectivity index (χ4v) is 7.72. The summed E-state index contributed by atoms with van der Waals surface area (Å²) >= 11 is 0. The molecule has 1 aliphatic carbocycles. The van der Waals surface area contributed by atoms with Gasteiger partial charge in [0.25, 0.3) is 5.91 Å². The van der Waals surface area contributed by atoms with Gasteiger partial charge in [-0.25, -0.2) is 8.42 Å². The standard InChI is InChI=1S/C32H40N2O5S/c1-21-7-5-8-22(2)34(21)19-23-13-16-28-26(17-23)11-6-12-29(28)33-32(37)31(36)30(35)20-40(38,39)27-15-14-24-9-3-4-10-25(24)18-27/h3-4,9-10,13-18,21-22,29-31,35-36H,5-8,11-12,19-20H2,1-2H3,(H,33,37)/t21?,22?,29-,30-,31-/m1/s1. The van der Waals surface area contributed by atoms with Gasteiger partial charge in [0.2, 0.25) is 0 Å². The lowest BCUT2D eigenvalue weighted by Crippen LogP contribution is -2.46. The quantitative estimate of drug-likeness (QED) is 0.377. The molecule has 214 valence electrons. The van der Waals surface area contributed by atoms with Gasteiger partial charge in [0.1, 0.15) is 6.10 Å². The van der Waals surface area contributed by atoms with Crippen LogP contribution >= 0.6 is 0 Å². The van der Waals surface area contributed by atoms with Gasteiger partial charge in [0, 0.05) is 18.6 Å². The average Bonchev–Trinajstić information content (AvgIpc) is 2.94. The topological polar surface area (TPSA) is 107 Å². The molecule has 1 heterocycles. The number of aryl methyl sites for hydroxylation is 1. The normalized spacial score (nSPS) is 23.4. The van der Waals surface area contributed by atoms with Crippen molar-refractivity contribution in [3.8, 4) is 0 Å². The molecule has 0 bridgehead atoms. The Hall–Kier alpha value is -2.78. The van der Waals surface area contributed by atoms with Crippen molar-refractivity contribution in [1.29, 1.82) is 0 Å². The number of carbonyl (C=O) groups excluding carboxylic acids is 1. The highest BCUT2D eigenvalue weighted by molar-refractivity contribution is 7.91. The van der Waals surface area contributed by atoms with E-state index in [1.54, 1.807) is 12.1 Å². The first-order chi connectivity index (χ1) is 19.1. The highest BCUT2D eigenvalue weighted by atomic mass is 32.2. The number of piperidine rings is 1. The Labute approximate surface area is 237 Å². The number of fused-ring (bicyclic) bond motifs is 2. The van der Waals surface area contributed by atoms with Crippen molar-refractivity contribution >= 4 is 26.5 Å². The summed E-state index contributed by atoms with van der Waals surface area (Å²) in [4.78, 5) is 15.6. The van der Waals surface area contributed by atoms with Crippen molar-refractivity contribution in [2.24, 2.45) is 0 Å². The van der Waals surface area contributed by atoms with Gasteiger partial charge in [0.05, 0.1) is 16.7 Å². The molecule has 1 aliphatic heterocycles. The summed E-state index contributed by atoms with van der Waals surface area (Å²) < 4.78 is 26.0. The van der Waals surface area contributed by atoms with E-state index in [1.807, 2.05) is 24.3 Å². The van der Waals surface area contributed by atoms with E-state index in [-0.39, 0.29) is 10.9 Å². The Bertz CT molecular complexity index is 1460. The monoisotopic (exact) mass is 564 g/mol. The zero-order valence-electron chi connectivity index (χ0n) is 23.3. The Morgan fingerprint density at radius 1 is 0.950 bits per heavy atom. The first-order valence-corrected chi connectivity index (χ1v) is 16.0. The molecule has 0 saturated carbocycles. The summed E-state index contributed by atoms with van der Waals surface area (Å²) in [7, 11) is -3.93. The van der Waals surface area contributed by atoms with Crippen LogP contribution in [0.15, 0.2) is 65.6 Å². The van der Waals surface area contributed by atoms with Crippen LogP contribution in [0, 0.1) is 0 Å². The lowest BCUT2D eigenvalue weighted by Gasteiger charge is -2.39. The van der Waals surface area contributed by atoms with Gasteiger partial charge in [-0.1, -0.05) is 55.0 Å². The Kier molecular flexibility index (Phi) is 8.61. The summed E-state index contributed by atoms with van der Waals surface area (Å²) in [6.45, 7) is 5.50. The largest absolute Gasteiger partial charge is 0.389 e. The lowest BCUT2D eigenvalue weighted by atomic mass is 9.86. The molecular weight excluding hydrogens is 524 g/mol. The van der Waals surface area contributed by atoms with E-state index < -0.39 is 33.7 Å². The maximum Gasteiger partial charge on any atom is 0.252 e. The lowest BCUT2D eigenvalue weighted by molar-refractivity contribution is -0.135. The Morgan fingerprint density at radius 3 is 2.42 bits per heavy atom. The maximum atomic E-state index is 13.0. The predicted molar refractivity (Wildman–Crippen MR) is 157 cm³/mol. The van der Waals surface area contributed by atoms with Gasteiger partial charge >= 0.3 is 0 Å². The van der Waals surface area contributed by atoms with Crippen LogP contribution in [0.1, 0.15) is 68.7 Å². The average molecular weight is 565 g/mol. The molecule has 2 aliphatic rings. The molecule has 0 radical (unpaired) electrons. The van der Waals surface area contributed by atoms with E-state index in [2.05, 4.69) is 42.3 Å². The third-order valence-corrected chi connectivity index (χ3v) is 10.4. The van der Waals surface area contributed by atoms with Crippen LogP contribution < -0.4 is 5.32 Å². The Morgan fingerprint density at radius 2 is 1.68 bits per heavy atom. The zero-order valence-corrected chi connectivity index (χ0v) is 24.1. The van der Waals surface area contributed by atoms with Crippen molar-refractivity contribution in [2.75, 3.05) is 5.75 Å². The van der Waals surface area contributed by atoms with Crippen molar-refractivity contribution in [3.63, 3.8) is 0 Å². The molecule has 7 nitrogen and oxygen atoms in total. The van der Waals surface area contributed by atoms with E-state index in [0.717, 1.165) is 42.1 Å². The summed E-state index contributed by atoms with van der Waals surface area (Å²) in [6.07, 6.45) is 2.65. The molecule has 3 N–H and O–H groups in total. The molecule has 3 aromatic carbocycles. The molecule has 0 spiro atoms. The molecule has 0 aromatic heterocycles. The number of benzene rings is 3. The second kappa shape index (κ2) is 12.0. The van der Waals surface area contributed by atoms with Crippen LogP contribution in [0.2, 0.25) is 0 Å². The van der Waals surface area contributed by atoms with Crippen LogP contribution in [0.25, 0.3) is 10.8 Å². The fraction of sp³-hybridized carbons (Fsp3) is 0.469. The van der Waals surface area contributed by atoms with Gasteiger partial charge in [-0.2, -0.15) is 0 Å². The fourth-order valence-electron chi connectivity index (χ4n) is 6.32. The minimum Gasteiger partial charge on any atom is -0.389 e. The van der Waals surface area contributed by atoms with E-state index >= 15 is 0 Å². The first-order valence-electron chi connectivity index (χ1n) is 14.4. The van der Waals surface area contributed by atoms with Gasteiger partial charge in [-0.15, -0.1) is 0 Å². The van der Waals surface area contributed by atoms with Gasteiger partial charge in [0.15, 0.2) is 15.9 Å². The van der Waals surface area contributed by atoms with Crippen molar-refractivity contribution in [1.82, 2.24) is 10.2 Å².